The Hall–Kier alpha value is -3.17. The molecule has 0 saturated heterocycles. The van der Waals surface area contributed by atoms with Crippen molar-refractivity contribution >= 4 is 11.7 Å². The summed E-state index contributed by atoms with van der Waals surface area (Å²) in [5, 5.41) is 10.5. The highest BCUT2D eigenvalue weighted by molar-refractivity contribution is 6.03. The van der Waals surface area contributed by atoms with Crippen molar-refractivity contribution in [2.75, 3.05) is 5.32 Å². The normalized spacial score (nSPS) is 16.2. The molecule has 0 radical (unpaired) electrons. The Morgan fingerprint density at radius 3 is 2.56 bits per heavy atom. The Kier molecular flexibility index (Phi) is 5.56. The van der Waals surface area contributed by atoms with Crippen LogP contribution in [0.2, 0.25) is 0 Å². The molecular formula is C22H22F4N4O2. The van der Waals surface area contributed by atoms with E-state index in [1.54, 1.807) is 0 Å². The highest BCUT2D eigenvalue weighted by Gasteiger charge is 2.34. The smallest absolute Gasteiger partial charge is 0.279 e. The van der Waals surface area contributed by atoms with Gasteiger partial charge in [-0.2, -0.15) is 5.10 Å². The molecule has 32 heavy (non-hydrogen) atoms. The minimum Gasteiger partial charge on any atom is -0.360 e. The maximum atomic E-state index is 13.9. The van der Waals surface area contributed by atoms with E-state index in [9.17, 15) is 22.4 Å². The van der Waals surface area contributed by atoms with Gasteiger partial charge < -0.3 is 9.84 Å². The van der Waals surface area contributed by atoms with Crippen molar-refractivity contribution in [1.82, 2.24) is 14.9 Å². The van der Waals surface area contributed by atoms with Gasteiger partial charge in [0.2, 0.25) is 0 Å². The molecule has 2 heterocycles. The lowest BCUT2D eigenvalue weighted by atomic mass is 9.71. The molecule has 1 aromatic carbocycles. The van der Waals surface area contributed by atoms with Gasteiger partial charge in [-0.3, -0.25) is 9.48 Å². The summed E-state index contributed by atoms with van der Waals surface area (Å²) >= 11 is 0. The summed E-state index contributed by atoms with van der Waals surface area (Å²) in [6.07, 6.45) is 3.65. The average Bonchev–Trinajstić information content (AvgIpc) is 3.35. The molecule has 1 atom stereocenters. The first-order valence-electron chi connectivity index (χ1n) is 10.2. The van der Waals surface area contributed by atoms with E-state index >= 15 is 0 Å². The van der Waals surface area contributed by atoms with E-state index in [0.717, 1.165) is 16.7 Å². The second-order valence-electron chi connectivity index (χ2n) is 9.04. The van der Waals surface area contributed by atoms with Crippen LogP contribution in [-0.4, -0.2) is 20.8 Å². The number of aryl methyl sites for hydroxylation is 1. The van der Waals surface area contributed by atoms with Gasteiger partial charge >= 0.3 is 0 Å². The molecule has 0 aliphatic heterocycles. The molecule has 0 fully saturated rings. The molecule has 0 bridgehead atoms. The zero-order chi connectivity index (χ0) is 23.2. The van der Waals surface area contributed by atoms with Crippen molar-refractivity contribution in [2.45, 2.75) is 46.6 Å². The maximum absolute atomic E-state index is 13.9. The van der Waals surface area contributed by atoms with Crippen LogP contribution in [0.1, 0.15) is 54.6 Å². The summed E-state index contributed by atoms with van der Waals surface area (Å²) in [5.41, 5.74) is 0.213. The Balaban J connectivity index is 1.50. The van der Waals surface area contributed by atoms with Crippen molar-refractivity contribution in [3.63, 3.8) is 0 Å². The molecule has 1 aliphatic carbocycles. The molecule has 0 saturated carbocycles. The number of halogens is 4. The summed E-state index contributed by atoms with van der Waals surface area (Å²) in [5.74, 6) is -5.35. The fourth-order valence-electron chi connectivity index (χ4n) is 3.94. The number of benzene rings is 1. The van der Waals surface area contributed by atoms with Crippen LogP contribution in [0.15, 0.2) is 22.9 Å². The van der Waals surface area contributed by atoms with Crippen LogP contribution in [0.3, 0.4) is 0 Å². The zero-order valence-electron chi connectivity index (χ0n) is 17.8. The fourth-order valence-corrected chi connectivity index (χ4v) is 3.94. The van der Waals surface area contributed by atoms with Crippen LogP contribution in [0.5, 0.6) is 0 Å². The third-order valence-corrected chi connectivity index (χ3v) is 5.88. The van der Waals surface area contributed by atoms with Crippen LogP contribution in [0.4, 0.5) is 23.4 Å². The molecule has 3 aromatic rings. The number of aromatic nitrogens is 3. The Morgan fingerprint density at radius 1 is 1.22 bits per heavy atom. The molecule has 0 spiro atoms. The van der Waals surface area contributed by atoms with Gasteiger partial charge in [0.15, 0.2) is 34.8 Å². The largest absolute Gasteiger partial charge is 0.360 e. The van der Waals surface area contributed by atoms with Crippen molar-refractivity contribution in [3.05, 3.63) is 64.2 Å². The van der Waals surface area contributed by atoms with E-state index in [1.807, 2.05) is 0 Å². The van der Waals surface area contributed by atoms with Gasteiger partial charge in [0.1, 0.15) is 5.76 Å². The number of carbonyl (C=O) groups excluding carboxylic acids is 1. The number of hydrogen-bond acceptors (Lipinski definition) is 4. The number of nitrogens with zero attached hydrogens (tertiary/aromatic N) is 3. The molecule has 170 valence electrons. The van der Waals surface area contributed by atoms with Crippen LogP contribution in [0, 0.1) is 34.6 Å². The Labute approximate surface area is 181 Å². The first kappa shape index (κ1) is 22.0. The second kappa shape index (κ2) is 8.07. The van der Waals surface area contributed by atoms with Crippen LogP contribution in [-0.2, 0) is 19.4 Å². The number of rotatable bonds is 4. The molecule has 1 aliphatic rings. The van der Waals surface area contributed by atoms with Gasteiger partial charge in [0, 0.05) is 30.3 Å². The summed E-state index contributed by atoms with van der Waals surface area (Å²) in [7, 11) is 0. The third kappa shape index (κ3) is 4.13. The molecule has 1 N–H and O–H groups in total. The maximum Gasteiger partial charge on any atom is 0.279 e. The molecular weight excluding hydrogens is 428 g/mol. The number of amides is 1. The number of nitrogens with one attached hydrogen (secondary N) is 1. The summed E-state index contributed by atoms with van der Waals surface area (Å²) in [4.78, 5) is 12.8. The minimum absolute atomic E-state index is 0.0718. The topological polar surface area (TPSA) is 73.0 Å². The predicted molar refractivity (Wildman–Crippen MR) is 107 cm³/mol. The molecule has 10 heteroatoms. The monoisotopic (exact) mass is 450 g/mol. The zero-order valence-corrected chi connectivity index (χ0v) is 17.8. The van der Waals surface area contributed by atoms with E-state index < -0.39 is 41.3 Å². The van der Waals surface area contributed by atoms with Gasteiger partial charge in [-0.05, 0) is 24.2 Å². The molecule has 1 unspecified atom stereocenters. The third-order valence-electron chi connectivity index (χ3n) is 5.88. The first-order chi connectivity index (χ1) is 15.0. The second-order valence-corrected chi connectivity index (χ2v) is 9.04. The van der Waals surface area contributed by atoms with Crippen molar-refractivity contribution in [2.24, 2.45) is 11.3 Å². The first-order valence-corrected chi connectivity index (χ1v) is 10.2. The van der Waals surface area contributed by atoms with E-state index in [-0.39, 0.29) is 23.0 Å². The Bertz CT molecular complexity index is 1150. The van der Waals surface area contributed by atoms with Gasteiger partial charge in [-0.1, -0.05) is 25.9 Å². The lowest BCUT2D eigenvalue weighted by Crippen LogP contribution is -2.27. The highest BCUT2D eigenvalue weighted by atomic mass is 19.2. The lowest BCUT2D eigenvalue weighted by Gasteiger charge is -2.33. The van der Waals surface area contributed by atoms with Crippen molar-refractivity contribution in [3.8, 4) is 0 Å². The lowest BCUT2D eigenvalue weighted by molar-refractivity contribution is 0.101. The standard InChI is InChI=1S/C22H22F4N4O2/c1-22(2,3)11-4-5-16-12(8-11)20(29-32-16)21(31)27-17-6-7-30(28-17)10-13-18(25)14(23)9-15(24)19(13)26/h6-7,9,11H,4-5,8,10H2,1-3H3,(H,27,28,31). The summed E-state index contributed by atoms with van der Waals surface area (Å²) < 4.78 is 61.0. The van der Waals surface area contributed by atoms with Gasteiger partial charge in [0.05, 0.1) is 12.1 Å². The highest BCUT2D eigenvalue weighted by Crippen LogP contribution is 2.38. The number of hydrogen-bond donors (Lipinski definition) is 1. The van der Waals surface area contributed by atoms with Crippen LogP contribution in [0.25, 0.3) is 0 Å². The minimum atomic E-state index is -1.50. The number of anilines is 1. The van der Waals surface area contributed by atoms with Crippen molar-refractivity contribution in [1.29, 1.82) is 0 Å². The van der Waals surface area contributed by atoms with Gasteiger partial charge in [-0.25, -0.2) is 17.6 Å². The van der Waals surface area contributed by atoms with Gasteiger partial charge in [0.25, 0.3) is 5.91 Å². The number of carbonyl (C=O) groups is 1. The van der Waals surface area contributed by atoms with Crippen molar-refractivity contribution < 1.29 is 26.9 Å². The fraction of sp³-hybridized carbons (Fsp3) is 0.409. The molecule has 2 aromatic heterocycles. The average molecular weight is 450 g/mol. The summed E-state index contributed by atoms with van der Waals surface area (Å²) in [6, 6.07) is 1.54. The number of fused-ring (bicyclic) bond motifs is 1. The Morgan fingerprint density at radius 2 is 1.91 bits per heavy atom. The van der Waals surface area contributed by atoms with E-state index in [2.05, 4.69) is 36.3 Å². The SMILES string of the molecule is CC(C)(C)C1CCc2onc(C(=O)Nc3ccn(Cc4c(F)c(F)cc(F)c4F)n3)c2C1. The van der Waals surface area contributed by atoms with E-state index in [4.69, 9.17) is 4.52 Å². The molecule has 1 amide bonds. The van der Waals surface area contributed by atoms with E-state index in [0.29, 0.717) is 24.5 Å². The van der Waals surface area contributed by atoms with Crippen LogP contribution < -0.4 is 5.32 Å². The molecule has 4 rings (SSSR count). The predicted octanol–water partition coefficient (Wildman–Crippen LogP) is 4.88. The van der Waals surface area contributed by atoms with Crippen LogP contribution >= 0.6 is 0 Å². The molecule has 6 nitrogen and oxygen atoms in total. The quantitative estimate of drug-likeness (QED) is 0.454. The summed E-state index contributed by atoms with van der Waals surface area (Å²) in [6.45, 7) is 5.89. The van der Waals surface area contributed by atoms with E-state index in [1.165, 1.54) is 12.3 Å². The van der Waals surface area contributed by atoms with Gasteiger partial charge in [-0.15, -0.1) is 0 Å².